The highest BCUT2D eigenvalue weighted by Crippen LogP contribution is 2.45. The molecule has 0 aromatic rings. The van der Waals surface area contributed by atoms with Gasteiger partial charge in [-0.1, -0.05) is 6.92 Å². The van der Waals surface area contributed by atoms with E-state index >= 15 is 0 Å². The third-order valence-corrected chi connectivity index (χ3v) is 3.28. The third-order valence-electron chi connectivity index (χ3n) is 3.28. The second-order valence-electron chi connectivity index (χ2n) is 4.84. The molecule has 0 saturated heterocycles. The van der Waals surface area contributed by atoms with Crippen LogP contribution in [0.5, 0.6) is 0 Å². The molecule has 0 radical (unpaired) electrons. The predicted molar refractivity (Wildman–Crippen MR) is 68.6 cm³/mol. The van der Waals surface area contributed by atoms with Crippen molar-refractivity contribution in [2.24, 2.45) is 5.41 Å². The van der Waals surface area contributed by atoms with Crippen LogP contribution in [0.2, 0.25) is 0 Å². The maximum absolute atomic E-state index is 11.9. The van der Waals surface area contributed by atoms with E-state index < -0.39 is 17.4 Å². The highest BCUT2D eigenvalue weighted by Gasteiger charge is 2.50. The first-order valence-corrected chi connectivity index (χ1v) is 6.42. The van der Waals surface area contributed by atoms with E-state index in [1.54, 1.807) is 0 Å². The van der Waals surface area contributed by atoms with E-state index in [2.05, 4.69) is 10.6 Å². The number of nitrogens with one attached hydrogen (secondary N) is 2. The minimum absolute atomic E-state index is 0.0176. The van der Waals surface area contributed by atoms with Gasteiger partial charge in [-0.3, -0.25) is 9.59 Å². The zero-order valence-electron chi connectivity index (χ0n) is 11.4. The van der Waals surface area contributed by atoms with Crippen LogP contribution in [0.15, 0.2) is 0 Å². The molecule has 0 aromatic heterocycles. The van der Waals surface area contributed by atoms with Crippen molar-refractivity contribution in [1.82, 2.24) is 15.5 Å². The second-order valence-corrected chi connectivity index (χ2v) is 4.84. The van der Waals surface area contributed by atoms with Gasteiger partial charge in [-0.25, -0.2) is 4.79 Å². The van der Waals surface area contributed by atoms with Crippen LogP contribution in [0.1, 0.15) is 26.2 Å². The minimum Gasteiger partial charge on any atom is -0.481 e. The fraction of sp³-hybridized carbons (Fsp3) is 0.750. The Kier molecular flexibility index (Phi) is 5.14. The predicted octanol–water partition coefficient (Wildman–Crippen LogP) is 0.0188. The summed E-state index contributed by atoms with van der Waals surface area (Å²) in [5.74, 6) is -1.12. The Hall–Kier alpha value is -1.79. The number of rotatable bonds is 7. The van der Waals surface area contributed by atoms with Crippen LogP contribution in [-0.4, -0.2) is 54.6 Å². The Morgan fingerprint density at radius 2 is 1.95 bits per heavy atom. The highest BCUT2D eigenvalue weighted by atomic mass is 16.4. The Morgan fingerprint density at radius 3 is 2.37 bits per heavy atom. The number of likely N-dealkylation sites (N-methyl/N-ethyl adjacent to an activating group) is 1. The number of carboxylic acid groups (broad SMARTS) is 1. The van der Waals surface area contributed by atoms with Gasteiger partial charge in [-0.15, -0.1) is 0 Å². The lowest BCUT2D eigenvalue weighted by molar-refractivity contribution is -0.143. The molecule has 1 rings (SSSR count). The lowest BCUT2D eigenvalue weighted by Gasteiger charge is -2.22. The Bertz CT molecular complexity index is 366. The van der Waals surface area contributed by atoms with Crippen molar-refractivity contribution in [3.8, 4) is 0 Å². The second kappa shape index (κ2) is 6.40. The molecule has 7 nitrogen and oxygen atoms in total. The molecule has 0 aliphatic heterocycles. The number of hydrogen-bond donors (Lipinski definition) is 3. The first-order chi connectivity index (χ1) is 8.95. The zero-order valence-corrected chi connectivity index (χ0v) is 11.4. The van der Waals surface area contributed by atoms with Gasteiger partial charge in [0.1, 0.15) is 6.54 Å². The molecule has 1 fully saturated rings. The van der Waals surface area contributed by atoms with Crippen molar-refractivity contribution < 1.29 is 19.5 Å². The van der Waals surface area contributed by atoms with Crippen LogP contribution >= 0.6 is 0 Å². The van der Waals surface area contributed by atoms with Crippen LogP contribution < -0.4 is 10.6 Å². The van der Waals surface area contributed by atoms with Crippen molar-refractivity contribution in [1.29, 1.82) is 0 Å². The SMILES string of the molecule is CCCN(CC(=O)NC)C(=O)NCC1(C(=O)O)CC1. The average molecular weight is 271 g/mol. The number of nitrogens with zero attached hydrogens (tertiary/aromatic N) is 1. The first-order valence-electron chi connectivity index (χ1n) is 6.42. The van der Waals surface area contributed by atoms with Gasteiger partial charge in [0.05, 0.1) is 5.41 Å². The fourth-order valence-corrected chi connectivity index (χ4v) is 1.75. The van der Waals surface area contributed by atoms with Crippen LogP contribution in [0.4, 0.5) is 4.79 Å². The Labute approximate surface area is 112 Å². The van der Waals surface area contributed by atoms with E-state index in [0.717, 1.165) is 6.42 Å². The number of hydrogen-bond acceptors (Lipinski definition) is 3. The highest BCUT2D eigenvalue weighted by molar-refractivity contribution is 5.84. The molecular formula is C12H21N3O4. The third kappa shape index (κ3) is 4.11. The van der Waals surface area contributed by atoms with Crippen molar-refractivity contribution in [2.45, 2.75) is 26.2 Å². The maximum Gasteiger partial charge on any atom is 0.317 e. The van der Waals surface area contributed by atoms with Gasteiger partial charge in [0.2, 0.25) is 5.91 Å². The quantitative estimate of drug-likeness (QED) is 0.608. The lowest BCUT2D eigenvalue weighted by atomic mass is 10.1. The van der Waals surface area contributed by atoms with E-state index in [9.17, 15) is 14.4 Å². The van der Waals surface area contributed by atoms with Gasteiger partial charge in [-0.2, -0.15) is 0 Å². The minimum atomic E-state index is -0.874. The number of amides is 3. The molecule has 0 atom stereocenters. The van der Waals surface area contributed by atoms with Gasteiger partial charge in [0, 0.05) is 20.1 Å². The number of aliphatic carboxylic acids is 1. The van der Waals surface area contributed by atoms with Crippen LogP contribution in [0.25, 0.3) is 0 Å². The molecule has 0 aromatic carbocycles. The molecule has 3 amide bonds. The van der Waals surface area contributed by atoms with Crippen molar-refractivity contribution >= 4 is 17.9 Å². The molecule has 0 spiro atoms. The number of carbonyl (C=O) groups is 3. The standard InChI is InChI=1S/C12H21N3O4/c1-3-6-15(7-9(16)13-2)11(19)14-8-12(4-5-12)10(17)18/h3-8H2,1-2H3,(H,13,16)(H,14,19)(H,17,18). The molecule has 1 saturated carbocycles. The van der Waals surface area contributed by atoms with E-state index in [0.29, 0.717) is 19.4 Å². The summed E-state index contributed by atoms with van der Waals surface area (Å²) >= 11 is 0. The maximum atomic E-state index is 11.9. The van der Waals surface area contributed by atoms with Gasteiger partial charge in [0.25, 0.3) is 0 Å². The molecule has 1 aliphatic rings. The molecule has 0 heterocycles. The Morgan fingerprint density at radius 1 is 1.32 bits per heavy atom. The van der Waals surface area contributed by atoms with Crippen molar-refractivity contribution in [2.75, 3.05) is 26.7 Å². The fourth-order valence-electron chi connectivity index (χ4n) is 1.75. The van der Waals surface area contributed by atoms with Crippen molar-refractivity contribution in [3.05, 3.63) is 0 Å². The molecule has 7 heteroatoms. The number of urea groups is 1. The normalized spacial score (nSPS) is 15.5. The number of carboxylic acids is 1. The molecular weight excluding hydrogens is 250 g/mol. The lowest BCUT2D eigenvalue weighted by Crippen LogP contribution is -2.47. The molecule has 108 valence electrons. The average Bonchev–Trinajstić information content (AvgIpc) is 3.16. The molecule has 0 unspecified atom stereocenters. The smallest absolute Gasteiger partial charge is 0.317 e. The van der Waals surface area contributed by atoms with E-state index in [1.807, 2.05) is 6.92 Å². The van der Waals surface area contributed by atoms with Crippen LogP contribution in [-0.2, 0) is 9.59 Å². The summed E-state index contributed by atoms with van der Waals surface area (Å²) in [6, 6.07) is -0.391. The van der Waals surface area contributed by atoms with E-state index in [-0.39, 0.29) is 19.0 Å². The summed E-state index contributed by atoms with van der Waals surface area (Å²) in [5.41, 5.74) is -0.791. The van der Waals surface area contributed by atoms with Gasteiger partial charge in [0.15, 0.2) is 0 Å². The van der Waals surface area contributed by atoms with Gasteiger partial charge in [-0.05, 0) is 19.3 Å². The first kappa shape index (κ1) is 15.3. The van der Waals surface area contributed by atoms with Crippen LogP contribution in [0, 0.1) is 5.41 Å². The van der Waals surface area contributed by atoms with Gasteiger partial charge < -0.3 is 20.6 Å². The molecule has 1 aliphatic carbocycles. The zero-order chi connectivity index (χ0) is 14.5. The van der Waals surface area contributed by atoms with Crippen molar-refractivity contribution in [3.63, 3.8) is 0 Å². The van der Waals surface area contributed by atoms with Gasteiger partial charge >= 0.3 is 12.0 Å². The Balaban J connectivity index is 2.48. The van der Waals surface area contributed by atoms with Crippen LogP contribution in [0.3, 0.4) is 0 Å². The number of carbonyl (C=O) groups excluding carboxylic acids is 2. The molecule has 3 N–H and O–H groups in total. The monoisotopic (exact) mass is 271 g/mol. The summed E-state index contributed by atoms with van der Waals surface area (Å²) in [4.78, 5) is 35.6. The molecule has 19 heavy (non-hydrogen) atoms. The van der Waals surface area contributed by atoms with E-state index in [1.165, 1.54) is 11.9 Å². The summed E-state index contributed by atoms with van der Waals surface area (Å²) in [7, 11) is 1.51. The summed E-state index contributed by atoms with van der Waals surface area (Å²) in [6.07, 6.45) is 1.91. The summed E-state index contributed by atoms with van der Waals surface area (Å²) in [6.45, 7) is 2.47. The largest absolute Gasteiger partial charge is 0.481 e. The summed E-state index contributed by atoms with van der Waals surface area (Å²) in [5, 5.41) is 14.1. The topological polar surface area (TPSA) is 98.7 Å². The molecule has 0 bridgehead atoms. The summed E-state index contributed by atoms with van der Waals surface area (Å²) < 4.78 is 0. The van der Waals surface area contributed by atoms with E-state index in [4.69, 9.17) is 5.11 Å².